The van der Waals surface area contributed by atoms with Crippen molar-refractivity contribution in [1.82, 2.24) is 0 Å². The van der Waals surface area contributed by atoms with Gasteiger partial charge in [0.25, 0.3) is 0 Å². The Hall–Kier alpha value is -1.29. The molecule has 0 atom stereocenters. The number of carbonyl (C=O) groups excluding carboxylic acids is 1. The molecular formula is C12H13BrO3. The van der Waals surface area contributed by atoms with Gasteiger partial charge in [-0.05, 0) is 12.1 Å². The average Bonchev–Trinajstić information content (AvgIpc) is 2.34. The molecule has 0 aliphatic heterocycles. The van der Waals surface area contributed by atoms with Crippen molar-refractivity contribution in [3.8, 4) is 5.75 Å². The van der Waals surface area contributed by atoms with Crippen LogP contribution in [0.5, 0.6) is 5.75 Å². The lowest BCUT2D eigenvalue weighted by molar-refractivity contribution is 0.0599. The van der Waals surface area contributed by atoms with Gasteiger partial charge in [-0.25, -0.2) is 4.79 Å². The van der Waals surface area contributed by atoms with Gasteiger partial charge in [0.05, 0.1) is 12.7 Å². The second-order valence-corrected chi connectivity index (χ2v) is 3.57. The molecule has 0 fully saturated rings. The van der Waals surface area contributed by atoms with E-state index in [2.05, 4.69) is 22.5 Å². The highest BCUT2D eigenvalue weighted by atomic mass is 79.9. The second-order valence-electron chi connectivity index (χ2n) is 3.01. The van der Waals surface area contributed by atoms with E-state index in [0.717, 1.165) is 5.56 Å². The lowest BCUT2D eigenvalue weighted by atomic mass is 10.1. The number of halogens is 1. The summed E-state index contributed by atoms with van der Waals surface area (Å²) < 4.78 is 10.2. The van der Waals surface area contributed by atoms with Crippen LogP contribution in [0.15, 0.2) is 30.9 Å². The first-order valence-corrected chi connectivity index (χ1v) is 5.86. The predicted molar refractivity (Wildman–Crippen MR) is 66.1 cm³/mol. The van der Waals surface area contributed by atoms with E-state index in [1.165, 1.54) is 7.11 Å². The molecule has 0 saturated heterocycles. The Kier molecular flexibility index (Phi) is 5.05. The Morgan fingerprint density at radius 2 is 2.31 bits per heavy atom. The standard InChI is InChI=1S/C12H13BrO3/c1-3-7-16-11-6-4-5-9(10(11)8-13)12(14)15-2/h3-6H,1,7-8H2,2H3. The summed E-state index contributed by atoms with van der Waals surface area (Å²) in [5.74, 6) is 0.304. The first kappa shape index (κ1) is 12.8. The fourth-order valence-corrected chi connectivity index (χ4v) is 1.87. The molecule has 16 heavy (non-hydrogen) atoms. The molecule has 0 aliphatic carbocycles. The van der Waals surface area contributed by atoms with Crippen molar-refractivity contribution < 1.29 is 14.3 Å². The maximum Gasteiger partial charge on any atom is 0.338 e. The Morgan fingerprint density at radius 3 is 2.88 bits per heavy atom. The van der Waals surface area contributed by atoms with E-state index < -0.39 is 0 Å². The van der Waals surface area contributed by atoms with E-state index in [9.17, 15) is 4.79 Å². The van der Waals surface area contributed by atoms with Crippen molar-refractivity contribution in [2.75, 3.05) is 13.7 Å². The number of methoxy groups -OCH3 is 1. The topological polar surface area (TPSA) is 35.5 Å². The summed E-state index contributed by atoms with van der Waals surface area (Å²) in [5.41, 5.74) is 1.30. The van der Waals surface area contributed by atoms with E-state index in [0.29, 0.717) is 23.2 Å². The SMILES string of the molecule is C=CCOc1cccc(C(=O)OC)c1CBr. The summed E-state index contributed by atoms with van der Waals surface area (Å²) in [6.07, 6.45) is 1.66. The van der Waals surface area contributed by atoms with Crippen LogP contribution in [0.25, 0.3) is 0 Å². The predicted octanol–water partition coefficient (Wildman–Crippen LogP) is 2.93. The third-order valence-electron chi connectivity index (χ3n) is 2.03. The molecule has 1 aromatic rings. The van der Waals surface area contributed by atoms with Crippen LogP contribution in [0.3, 0.4) is 0 Å². The fraction of sp³-hybridized carbons (Fsp3) is 0.250. The van der Waals surface area contributed by atoms with E-state index in [1.807, 2.05) is 6.07 Å². The zero-order valence-electron chi connectivity index (χ0n) is 9.03. The molecule has 0 aromatic heterocycles. The number of hydrogen-bond acceptors (Lipinski definition) is 3. The lowest BCUT2D eigenvalue weighted by Crippen LogP contribution is -2.07. The molecule has 0 heterocycles. The second kappa shape index (κ2) is 6.33. The number of rotatable bonds is 5. The van der Waals surface area contributed by atoms with Gasteiger partial charge in [0.1, 0.15) is 12.4 Å². The van der Waals surface area contributed by atoms with Crippen molar-refractivity contribution in [3.05, 3.63) is 42.0 Å². The van der Waals surface area contributed by atoms with Gasteiger partial charge < -0.3 is 9.47 Å². The smallest absolute Gasteiger partial charge is 0.338 e. The minimum atomic E-state index is -0.362. The van der Waals surface area contributed by atoms with Gasteiger partial charge >= 0.3 is 5.97 Å². The van der Waals surface area contributed by atoms with Gasteiger partial charge in [0, 0.05) is 10.9 Å². The molecule has 86 valence electrons. The zero-order chi connectivity index (χ0) is 12.0. The van der Waals surface area contributed by atoms with Gasteiger partial charge in [-0.1, -0.05) is 34.7 Å². The Balaban J connectivity index is 3.09. The van der Waals surface area contributed by atoms with Crippen LogP contribution in [-0.2, 0) is 10.1 Å². The van der Waals surface area contributed by atoms with E-state index in [-0.39, 0.29) is 5.97 Å². The van der Waals surface area contributed by atoms with Crippen molar-refractivity contribution in [1.29, 1.82) is 0 Å². The Labute approximate surface area is 103 Å². The summed E-state index contributed by atoms with van der Waals surface area (Å²) >= 11 is 3.33. The normalized spacial score (nSPS) is 9.62. The molecule has 0 spiro atoms. The minimum absolute atomic E-state index is 0.362. The summed E-state index contributed by atoms with van der Waals surface area (Å²) in [7, 11) is 1.36. The molecule has 0 N–H and O–H groups in total. The minimum Gasteiger partial charge on any atom is -0.489 e. The van der Waals surface area contributed by atoms with E-state index in [4.69, 9.17) is 9.47 Å². The van der Waals surface area contributed by atoms with Crippen molar-refractivity contribution in [2.45, 2.75) is 5.33 Å². The number of ether oxygens (including phenoxy) is 2. The molecule has 3 nitrogen and oxygen atoms in total. The van der Waals surface area contributed by atoms with Crippen molar-refractivity contribution in [2.24, 2.45) is 0 Å². The van der Waals surface area contributed by atoms with Gasteiger partial charge in [-0.15, -0.1) is 0 Å². The molecule has 0 unspecified atom stereocenters. The maximum absolute atomic E-state index is 11.5. The van der Waals surface area contributed by atoms with E-state index >= 15 is 0 Å². The number of benzene rings is 1. The molecule has 0 bridgehead atoms. The first-order chi connectivity index (χ1) is 7.74. The molecule has 1 rings (SSSR count). The highest BCUT2D eigenvalue weighted by Gasteiger charge is 2.14. The monoisotopic (exact) mass is 284 g/mol. The van der Waals surface area contributed by atoms with Crippen LogP contribution in [0.1, 0.15) is 15.9 Å². The third kappa shape index (κ3) is 2.85. The molecule has 4 heteroatoms. The third-order valence-corrected chi connectivity index (χ3v) is 2.59. The number of esters is 1. The molecule has 0 radical (unpaired) electrons. The summed E-state index contributed by atoms with van der Waals surface area (Å²) in [6.45, 7) is 3.98. The molecule has 0 amide bonds. The lowest BCUT2D eigenvalue weighted by Gasteiger charge is -2.11. The van der Waals surface area contributed by atoms with Crippen LogP contribution in [0, 0.1) is 0 Å². The highest BCUT2D eigenvalue weighted by molar-refractivity contribution is 9.08. The largest absolute Gasteiger partial charge is 0.489 e. The summed E-state index contributed by atoms with van der Waals surface area (Å²) in [5, 5.41) is 0.532. The fourth-order valence-electron chi connectivity index (χ4n) is 1.29. The molecule has 0 saturated carbocycles. The number of hydrogen-bond donors (Lipinski definition) is 0. The summed E-state index contributed by atoms with van der Waals surface area (Å²) in [4.78, 5) is 11.5. The average molecular weight is 285 g/mol. The van der Waals surface area contributed by atoms with Crippen LogP contribution < -0.4 is 4.74 Å². The van der Waals surface area contributed by atoms with Gasteiger partial charge in [-0.3, -0.25) is 0 Å². The number of alkyl halides is 1. The summed E-state index contributed by atoms with van der Waals surface area (Å²) in [6, 6.07) is 5.28. The van der Waals surface area contributed by atoms with Gasteiger partial charge in [0.2, 0.25) is 0 Å². The van der Waals surface area contributed by atoms with Crippen molar-refractivity contribution in [3.63, 3.8) is 0 Å². The van der Waals surface area contributed by atoms with Crippen molar-refractivity contribution >= 4 is 21.9 Å². The first-order valence-electron chi connectivity index (χ1n) is 4.74. The zero-order valence-corrected chi connectivity index (χ0v) is 10.6. The van der Waals surface area contributed by atoms with Crippen LogP contribution in [0.4, 0.5) is 0 Å². The van der Waals surface area contributed by atoms with Gasteiger partial charge in [0.15, 0.2) is 0 Å². The quantitative estimate of drug-likeness (QED) is 0.474. The highest BCUT2D eigenvalue weighted by Crippen LogP contribution is 2.25. The van der Waals surface area contributed by atoms with Gasteiger partial charge in [-0.2, -0.15) is 0 Å². The molecule has 1 aromatic carbocycles. The Bertz CT molecular complexity index is 388. The maximum atomic E-state index is 11.5. The van der Waals surface area contributed by atoms with E-state index in [1.54, 1.807) is 18.2 Å². The molecule has 0 aliphatic rings. The Morgan fingerprint density at radius 1 is 1.56 bits per heavy atom. The van der Waals surface area contributed by atoms with Crippen LogP contribution in [-0.4, -0.2) is 19.7 Å². The van der Waals surface area contributed by atoms with Crippen LogP contribution in [0.2, 0.25) is 0 Å². The number of carbonyl (C=O) groups is 1. The van der Waals surface area contributed by atoms with Crippen LogP contribution >= 0.6 is 15.9 Å². The molecular weight excluding hydrogens is 272 g/mol.